The van der Waals surface area contributed by atoms with Crippen LogP contribution >= 0.6 is 44.1 Å². The van der Waals surface area contributed by atoms with Gasteiger partial charge in [-0.1, -0.05) is 35.1 Å². The first-order valence-corrected chi connectivity index (χ1v) is 8.87. The lowest BCUT2D eigenvalue weighted by atomic mass is 10.2. The number of halogens is 2. The van der Waals surface area contributed by atoms with E-state index in [1.165, 1.54) is 4.31 Å². The monoisotopic (exact) mass is 428 g/mol. The molecule has 1 aromatic carbocycles. The second-order valence-electron chi connectivity index (χ2n) is 3.93. The zero-order valence-corrected chi connectivity index (χ0v) is 15.3. The molecule has 0 heterocycles. The van der Waals surface area contributed by atoms with Crippen molar-refractivity contribution in [3.05, 3.63) is 26.6 Å². The van der Waals surface area contributed by atoms with Gasteiger partial charge in [-0.25, -0.2) is 8.42 Å². The highest BCUT2D eigenvalue weighted by atomic mass is 79.9. The second kappa shape index (κ2) is 6.62. The maximum absolute atomic E-state index is 12.5. The van der Waals surface area contributed by atoms with E-state index in [4.69, 9.17) is 18.0 Å². The number of thiocarbonyl (C=S) groups is 1. The molecule has 0 atom stereocenters. The van der Waals surface area contributed by atoms with Crippen LogP contribution in [-0.2, 0) is 10.0 Å². The lowest BCUT2D eigenvalue weighted by Gasteiger charge is -2.21. The van der Waals surface area contributed by atoms with E-state index in [0.29, 0.717) is 11.0 Å². The fourth-order valence-electron chi connectivity index (χ4n) is 1.51. The van der Waals surface area contributed by atoms with Crippen LogP contribution in [-0.4, -0.2) is 30.8 Å². The minimum Gasteiger partial charge on any atom is -0.392 e. The molecule has 0 saturated heterocycles. The fourth-order valence-corrected chi connectivity index (χ4v) is 4.81. The van der Waals surface area contributed by atoms with Crippen LogP contribution in [0.3, 0.4) is 0 Å². The standard InChI is InChI=1S/C11H14Br2N2O2S2/c1-3-15(6-11(14)18)19(16,17)10-5-8(12)7(2)4-9(10)13/h4-5H,3,6H2,1-2H3,(H2,14,18). The van der Waals surface area contributed by atoms with Gasteiger partial charge in [0, 0.05) is 15.5 Å². The lowest BCUT2D eigenvalue weighted by molar-refractivity contribution is 0.467. The van der Waals surface area contributed by atoms with Gasteiger partial charge in [-0.2, -0.15) is 4.31 Å². The van der Waals surface area contributed by atoms with E-state index >= 15 is 0 Å². The molecule has 2 N–H and O–H groups in total. The number of rotatable bonds is 5. The third kappa shape index (κ3) is 3.98. The zero-order chi connectivity index (χ0) is 14.8. The molecule has 8 heteroatoms. The number of benzene rings is 1. The second-order valence-corrected chi connectivity index (χ2v) is 8.07. The molecule has 0 bridgehead atoms. The Labute approximate surface area is 135 Å². The molecule has 0 unspecified atom stereocenters. The Morgan fingerprint density at radius 1 is 1.37 bits per heavy atom. The van der Waals surface area contributed by atoms with Gasteiger partial charge in [0.05, 0.1) is 16.4 Å². The summed E-state index contributed by atoms with van der Waals surface area (Å²) in [5.74, 6) is 0. The van der Waals surface area contributed by atoms with Crippen LogP contribution in [0.15, 0.2) is 26.0 Å². The van der Waals surface area contributed by atoms with Gasteiger partial charge in [0.25, 0.3) is 0 Å². The highest BCUT2D eigenvalue weighted by Crippen LogP contribution is 2.30. The molecule has 0 amide bonds. The Morgan fingerprint density at radius 2 is 1.95 bits per heavy atom. The van der Waals surface area contributed by atoms with Crippen LogP contribution in [0.4, 0.5) is 0 Å². The topological polar surface area (TPSA) is 63.4 Å². The number of aryl methyl sites for hydroxylation is 1. The Balaban J connectivity index is 3.33. The predicted octanol–water partition coefficient (Wildman–Crippen LogP) is 2.82. The summed E-state index contributed by atoms with van der Waals surface area (Å²) in [6.07, 6.45) is 0. The first kappa shape index (κ1) is 17.0. The zero-order valence-electron chi connectivity index (χ0n) is 10.5. The molecule has 1 aromatic rings. The van der Waals surface area contributed by atoms with E-state index in [0.717, 1.165) is 10.0 Å². The van der Waals surface area contributed by atoms with Crippen LogP contribution in [0.2, 0.25) is 0 Å². The van der Waals surface area contributed by atoms with Crippen molar-refractivity contribution < 1.29 is 8.42 Å². The summed E-state index contributed by atoms with van der Waals surface area (Å²) in [5, 5.41) is 0. The molecule has 0 aliphatic rings. The summed E-state index contributed by atoms with van der Waals surface area (Å²) >= 11 is 11.4. The summed E-state index contributed by atoms with van der Waals surface area (Å²) < 4.78 is 27.6. The van der Waals surface area contributed by atoms with Crippen molar-refractivity contribution in [3.63, 3.8) is 0 Å². The molecular weight excluding hydrogens is 416 g/mol. The van der Waals surface area contributed by atoms with Crippen molar-refractivity contribution in [2.75, 3.05) is 13.1 Å². The summed E-state index contributed by atoms with van der Waals surface area (Å²) in [6.45, 7) is 3.97. The maximum Gasteiger partial charge on any atom is 0.244 e. The third-order valence-electron chi connectivity index (χ3n) is 2.52. The Kier molecular flexibility index (Phi) is 5.94. The molecule has 0 saturated carbocycles. The summed E-state index contributed by atoms with van der Waals surface area (Å²) in [4.78, 5) is 0.343. The van der Waals surface area contributed by atoms with Crippen molar-refractivity contribution in [2.45, 2.75) is 18.7 Å². The summed E-state index contributed by atoms with van der Waals surface area (Å²) in [7, 11) is -3.63. The first-order chi connectivity index (χ1) is 8.70. The van der Waals surface area contributed by atoms with E-state index in [1.807, 2.05) is 6.92 Å². The number of sulfonamides is 1. The predicted molar refractivity (Wildman–Crippen MR) is 87.8 cm³/mol. The minimum atomic E-state index is -3.63. The number of nitrogens with zero attached hydrogens (tertiary/aromatic N) is 1. The number of hydrogen-bond donors (Lipinski definition) is 1. The Hall–Kier alpha value is -0.0200. The maximum atomic E-state index is 12.5. The van der Waals surface area contributed by atoms with Crippen LogP contribution < -0.4 is 5.73 Å². The van der Waals surface area contributed by atoms with Crippen molar-refractivity contribution in [1.82, 2.24) is 4.31 Å². The van der Waals surface area contributed by atoms with Gasteiger partial charge in [0.1, 0.15) is 0 Å². The van der Waals surface area contributed by atoms with Gasteiger partial charge >= 0.3 is 0 Å². The molecule has 106 valence electrons. The molecule has 0 aliphatic carbocycles. The molecule has 4 nitrogen and oxygen atoms in total. The normalized spacial score (nSPS) is 11.8. The van der Waals surface area contributed by atoms with Gasteiger partial charge in [0.15, 0.2) is 0 Å². The molecule has 0 aromatic heterocycles. The Bertz CT molecular complexity index is 603. The number of hydrogen-bond acceptors (Lipinski definition) is 3. The van der Waals surface area contributed by atoms with Crippen molar-refractivity contribution in [1.29, 1.82) is 0 Å². The van der Waals surface area contributed by atoms with Crippen LogP contribution in [0, 0.1) is 6.92 Å². The van der Waals surface area contributed by atoms with Crippen LogP contribution in [0.25, 0.3) is 0 Å². The third-order valence-corrected chi connectivity index (χ3v) is 6.38. The van der Waals surface area contributed by atoms with E-state index in [-0.39, 0.29) is 16.4 Å². The molecule has 0 fully saturated rings. The highest BCUT2D eigenvalue weighted by Gasteiger charge is 2.26. The molecule has 19 heavy (non-hydrogen) atoms. The van der Waals surface area contributed by atoms with Gasteiger partial charge in [-0.15, -0.1) is 0 Å². The number of nitrogens with two attached hydrogens (primary N) is 1. The Morgan fingerprint density at radius 3 is 2.42 bits per heavy atom. The molecule has 0 spiro atoms. The molecule has 1 rings (SSSR count). The fraction of sp³-hybridized carbons (Fsp3) is 0.364. The average Bonchev–Trinajstić information content (AvgIpc) is 2.30. The van der Waals surface area contributed by atoms with E-state index < -0.39 is 10.0 Å². The average molecular weight is 430 g/mol. The smallest absolute Gasteiger partial charge is 0.244 e. The van der Waals surface area contributed by atoms with E-state index in [9.17, 15) is 8.42 Å². The summed E-state index contributed by atoms with van der Waals surface area (Å²) in [5.41, 5.74) is 6.39. The SMILES string of the molecule is CCN(CC(N)=S)S(=O)(=O)c1cc(Br)c(C)cc1Br. The van der Waals surface area contributed by atoms with E-state index in [1.54, 1.807) is 19.1 Å². The van der Waals surface area contributed by atoms with Crippen molar-refractivity contribution in [2.24, 2.45) is 5.73 Å². The van der Waals surface area contributed by atoms with Crippen molar-refractivity contribution in [3.8, 4) is 0 Å². The molecule has 0 radical (unpaired) electrons. The first-order valence-electron chi connectivity index (χ1n) is 5.44. The lowest BCUT2D eigenvalue weighted by Crippen LogP contribution is -2.37. The quantitative estimate of drug-likeness (QED) is 0.731. The van der Waals surface area contributed by atoms with Gasteiger partial charge in [-0.05, 0) is 40.5 Å². The van der Waals surface area contributed by atoms with Gasteiger partial charge in [-0.3, -0.25) is 0 Å². The molecular formula is C11H14Br2N2O2S2. The van der Waals surface area contributed by atoms with Gasteiger partial charge < -0.3 is 5.73 Å². The van der Waals surface area contributed by atoms with E-state index in [2.05, 4.69) is 31.9 Å². The highest BCUT2D eigenvalue weighted by molar-refractivity contribution is 9.11. The van der Waals surface area contributed by atoms with Crippen molar-refractivity contribution >= 4 is 59.1 Å². The van der Waals surface area contributed by atoms with Gasteiger partial charge in [0.2, 0.25) is 10.0 Å². The minimum absolute atomic E-state index is 0.0338. The summed E-state index contributed by atoms with van der Waals surface area (Å²) in [6, 6.07) is 3.34. The number of likely N-dealkylation sites (N-methyl/N-ethyl adjacent to an activating group) is 1. The molecule has 0 aliphatic heterocycles. The van der Waals surface area contributed by atoms with Crippen LogP contribution in [0.5, 0.6) is 0 Å². The van der Waals surface area contributed by atoms with Crippen LogP contribution in [0.1, 0.15) is 12.5 Å². The largest absolute Gasteiger partial charge is 0.392 e.